The highest BCUT2D eigenvalue weighted by Crippen LogP contribution is 2.23. The van der Waals surface area contributed by atoms with Crippen LogP contribution in [0.5, 0.6) is 0 Å². The number of hydrogen-bond acceptors (Lipinski definition) is 3. The Kier molecular flexibility index (Phi) is 5.03. The molecule has 1 fully saturated rings. The predicted molar refractivity (Wildman–Crippen MR) is 110 cm³/mol. The van der Waals surface area contributed by atoms with Crippen LogP contribution < -0.4 is 10.6 Å². The third-order valence-corrected chi connectivity index (χ3v) is 5.19. The number of aromatic amines is 2. The topological polar surface area (TPSA) is 89.3 Å². The van der Waals surface area contributed by atoms with Crippen molar-refractivity contribution in [3.05, 3.63) is 88.1 Å². The van der Waals surface area contributed by atoms with E-state index in [0.29, 0.717) is 13.0 Å². The van der Waals surface area contributed by atoms with E-state index in [1.807, 2.05) is 61.5 Å². The second kappa shape index (κ2) is 7.79. The van der Waals surface area contributed by atoms with E-state index in [1.54, 1.807) is 9.80 Å². The van der Waals surface area contributed by atoms with Gasteiger partial charge in [0, 0.05) is 18.4 Å². The number of imidazole rings is 1. The minimum atomic E-state index is -0.447. The predicted octanol–water partition coefficient (Wildman–Crippen LogP) is 2.11. The lowest BCUT2D eigenvalue weighted by Crippen LogP contribution is -2.59. The molecule has 0 unspecified atom stereocenters. The van der Waals surface area contributed by atoms with Crippen LogP contribution in [-0.4, -0.2) is 45.8 Å². The van der Waals surface area contributed by atoms with Crippen LogP contribution in [0.4, 0.5) is 5.69 Å². The lowest BCUT2D eigenvalue weighted by atomic mass is 10.0. The van der Waals surface area contributed by atoms with Crippen molar-refractivity contribution < 1.29 is 9.59 Å². The first kappa shape index (κ1) is 18.7. The maximum Gasteiger partial charge on any atom is 0.323 e. The Morgan fingerprint density at radius 1 is 1.07 bits per heavy atom. The molecule has 2 aromatic carbocycles. The van der Waals surface area contributed by atoms with E-state index in [-0.39, 0.29) is 30.1 Å². The molecule has 1 aromatic heterocycles. The fraction of sp³-hybridized carbons (Fsp3) is 0.227. The molecule has 1 aliphatic rings. The zero-order valence-electron chi connectivity index (χ0n) is 16.1. The standard InChI is InChI=1S/C22H22N4O3/c1-15-7-9-17(10-8-15)25-13-18(11-16-5-3-2-4-6-16)26(14-20(25)27)21(28)19-12-23-22(29)24-19/h2-10,12,18H,11,13-14H2,1H3,(H2,23,24,29)/t18-/m1/s1. The molecule has 0 saturated carbocycles. The van der Waals surface area contributed by atoms with E-state index in [2.05, 4.69) is 9.97 Å². The highest BCUT2D eigenvalue weighted by atomic mass is 16.2. The van der Waals surface area contributed by atoms with Crippen molar-refractivity contribution in [3.8, 4) is 0 Å². The zero-order chi connectivity index (χ0) is 20.4. The maximum absolute atomic E-state index is 13.0. The van der Waals surface area contributed by atoms with Gasteiger partial charge in [0.1, 0.15) is 12.2 Å². The molecule has 1 saturated heterocycles. The first-order valence-electron chi connectivity index (χ1n) is 9.51. The molecule has 2 N–H and O–H groups in total. The lowest BCUT2D eigenvalue weighted by molar-refractivity contribution is -0.121. The van der Waals surface area contributed by atoms with Gasteiger partial charge in [0.05, 0.1) is 6.04 Å². The van der Waals surface area contributed by atoms with Gasteiger partial charge in [-0.25, -0.2) is 4.79 Å². The van der Waals surface area contributed by atoms with Crippen LogP contribution in [0.2, 0.25) is 0 Å². The summed E-state index contributed by atoms with van der Waals surface area (Å²) in [6.07, 6.45) is 1.96. The molecule has 0 aliphatic carbocycles. The van der Waals surface area contributed by atoms with E-state index in [0.717, 1.165) is 16.8 Å². The number of carbonyl (C=O) groups is 2. The van der Waals surface area contributed by atoms with Crippen molar-refractivity contribution >= 4 is 17.5 Å². The van der Waals surface area contributed by atoms with Gasteiger partial charge in [0.25, 0.3) is 5.91 Å². The molecule has 1 aliphatic heterocycles. The van der Waals surface area contributed by atoms with E-state index >= 15 is 0 Å². The fourth-order valence-corrected chi connectivity index (χ4v) is 3.65. The number of hydrogen-bond donors (Lipinski definition) is 2. The summed E-state index contributed by atoms with van der Waals surface area (Å²) in [5, 5.41) is 0. The van der Waals surface area contributed by atoms with E-state index in [4.69, 9.17) is 0 Å². The summed E-state index contributed by atoms with van der Waals surface area (Å²) in [6, 6.07) is 17.4. The van der Waals surface area contributed by atoms with Gasteiger partial charge in [-0.05, 0) is 31.0 Å². The molecule has 2 amide bonds. The highest BCUT2D eigenvalue weighted by molar-refractivity contribution is 6.01. The Hall–Kier alpha value is -3.61. The van der Waals surface area contributed by atoms with Gasteiger partial charge in [0.15, 0.2) is 0 Å². The van der Waals surface area contributed by atoms with Crippen molar-refractivity contribution in [2.24, 2.45) is 0 Å². The molecule has 7 nitrogen and oxygen atoms in total. The number of nitrogens with one attached hydrogen (secondary N) is 2. The number of carbonyl (C=O) groups excluding carboxylic acids is 2. The molecule has 1 atom stereocenters. The molecule has 3 aromatic rings. The smallest absolute Gasteiger partial charge is 0.323 e. The molecule has 2 heterocycles. The Morgan fingerprint density at radius 2 is 1.79 bits per heavy atom. The molecule has 4 rings (SSSR count). The van der Waals surface area contributed by atoms with Gasteiger partial charge in [0.2, 0.25) is 5.91 Å². The molecule has 7 heteroatoms. The third-order valence-electron chi connectivity index (χ3n) is 5.19. The molecular formula is C22H22N4O3. The van der Waals surface area contributed by atoms with E-state index in [1.165, 1.54) is 6.20 Å². The van der Waals surface area contributed by atoms with Gasteiger partial charge in [-0.3, -0.25) is 9.59 Å². The van der Waals surface area contributed by atoms with Gasteiger partial charge < -0.3 is 19.8 Å². The summed E-state index contributed by atoms with van der Waals surface area (Å²) >= 11 is 0. The lowest BCUT2D eigenvalue weighted by Gasteiger charge is -2.41. The van der Waals surface area contributed by atoms with Gasteiger partial charge in [-0.15, -0.1) is 0 Å². The Labute approximate surface area is 168 Å². The molecule has 148 valence electrons. The van der Waals surface area contributed by atoms with Gasteiger partial charge >= 0.3 is 5.69 Å². The van der Waals surface area contributed by atoms with Crippen LogP contribution in [0.15, 0.2) is 65.6 Å². The molecular weight excluding hydrogens is 368 g/mol. The van der Waals surface area contributed by atoms with Crippen LogP contribution in [0, 0.1) is 6.92 Å². The first-order valence-corrected chi connectivity index (χ1v) is 9.51. The second-order valence-electron chi connectivity index (χ2n) is 7.27. The first-order chi connectivity index (χ1) is 14.0. The van der Waals surface area contributed by atoms with Crippen LogP contribution in [0.3, 0.4) is 0 Å². The van der Waals surface area contributed by atoms with Crippen LogP contribution in [0.1, 0.15) is 21.6 Å². The maximum atomic E-state index is 13.0. The van der Waals surface area contributed by atoms with Crippen LogP contribution in [-0.2, 0) is 11.2 Å². The number of aromatic nitrogens is 2. The normalized spacial score (nSPS) is 16.9. The Balaban J connectivity index is 1.64. The second-order valence-corrected chi connectivity index (χ2v) is 7.27. The number of piperazine rings is 1. The van der Waals surface area contributed by atoms with Crippen LogP contribution in [0.25, 0.3) is 0 Å². The summed E-state index contributed by atoms with van der Waals surface area (Å²) in [5.74, 6) is -0.509. The van der Waals surface area contributed by atoms with Crippen LogP contribution >= 0.6 is 0 Å². The van der Waals surface area contributed by atoms with Gasteiger partial charge in [-0.2, -0.15) is 0 Å². The van der Waals surface area contributed by atoms with E-state index < -0.39 is 5.69 Å². The summed E-state index contributed by atoms with van der Waals surface area (Å²) < 4.78 is 0. The number of aryl methyl sites for hydroxylation is 1. The SMILES string of the molecule is Cc1ccc(N2C[C@@H](Cc3ccccc3)N(C(=O)c3c[nH]c(=O)[nH]3)CC2=O)cc1. The molecule has 0 bridgehead atoms. The summed E-state index contributed by atoms with van der Waals surface area (Å²) in [7, 11) is 0. The summed E-state index contributed by atoms with van der Waals surface area (Å²) in [5.41, 5.74) is 2.73. The summed E-state index contributed by atoms with van der Waals surface area (Å²) in [6.45, 7) is 2.34. The number of anilines is 1. The third kappa shape index (κ3) is 3.99. The Morgan fingerprint density at radius 3 is 2.45 bits per heavy atom. The quantitative estimate of drug-likeness (QED) is 0.715. The largest absolute Gasteiger partial charge is 0.323 e. The number of nitrogens with zero attached hydrogens (tertiary/aromatic N) is 2. The number of amides is 2. The highest BCUT2D eigenvalue weighted by Gasteiger charge is 2.36. The molecule has 0 radical (unpaired) electrons. The van der Waals surface area contributed by atoms with Crippen molar-refractivity contribution in [2.45, 2.75) is 19.4 Å². The average molecular weight is 390 g/mol. The van der Waals surface area contributed by atoms with Crippen molar-refractivity contribution in [1.29, 1.82) is 0 Å². The molecule has 29 heavy (non-hydrogen) atoms. The Bertz CT molecular complexity index is 1070. The number of rotatable bonds is 4. The fourth-order valence-electron chi connectivity index (χ4n) is 3.65. The van der Waals surface area contributed by atoms with Crippen molar-refractivity contribution in [3.63, 3.8) is 0 Å². The number of H-pyrrole nitrogens is 2. The monoisotopic (exact) mass is 390 g/mol. The minimum absolute atomic E-state index is 0.0442. The average Bonchev–Trinajstić information content (AvgIpc) is 3.16. The molecule has 0 spiro atoms. The van der Waals surface area contributed by atoms with Crippen molar-refractivity contribution in [2.75, 3.05) is 18.0 Å². The zero-order valence-corrected chi connectivity index (χ0v) is 16.1. The van der Waals surface area contributed by atoms with E-state index in [9.17, 15) is 14.4 Å². The summed E-state index contributed by atoms with van der Waals surface area (Å²) in [4.78, 5) is 45.5. The minimum Gasteiger partial charge on any atom is -0.323 e. The number of benzene rings is 2. The van der Waals surface area contributed by atoms with Crippen molar-refractivity contribution in [1.82, 2.24) is 14.9 Å². The van der Waals surface area contributed by atoms with Gasteiger partial charge in [-0.1, -0.05) is 48.0 Å².